The summed E-state index contributed by atoms with van der Waals surface area (Å²) < 4.78 is 4.98. The van der Waals surface area contributed by atoms with Gasteiger partial charge in [0.25, 0.3) is 11.8 Å². The van der Waals surface area contributed by atoms with Crippen molar-refractivity contribution in [3.63, 3.8) is 0 Å². The summed E-state index contributed by atoms with van der Waals surface area (Å²) in [7, 11) is 0. The smallest absolute Gasteiger partial charge is 0.307 e. The Morgan fingerprint density at radius 1 is 0.885 bits per heavy atom. The number of benzene rings is 2. The summed E-state index contributed by atoms with van der Waals surface area (Å²) in [6.07, 6.45) is -0.187. The van der Waals surface area contributed by atoms with Gasteiger partial charge < -0.3 is 4.74 Å². The van der Waals surface area contributed by atoms with Crippen molar-refractivity contribution in [1.29, 1.82) is 0 Å². The van der Waals surface area contributed by atoms with Crippen molar-refractivity contribution in [3.05, 3.63) is 70.2 Å². The zero-order valence-electron chi connectivity index (χ0n) is 13.6. The van der Waals surface area contributed by atoms with E-state index in [0.29, 0.717) is 10.6 Å². The van der Waals surface area contributed by atoms with Crippen LogP contribution in [0.25, 0.3) is 0 Å². The van der Waals surface area contributed by atoms with Crippen LogP contribution < -0.4 is 0 Å². The van der Waals surface area contributed by atoms with E-state index < -0.39 is 24.5 Å². The Kier molecular flexibility index (Phi) is 5.14. The van der Waals surface area contributed by atoms with Gasteiger partial charge in [0.1, 0.15) is 0 Å². The number of ether oxygens (including phenoxy) is 1. The maximum atomic E-state index is 12.1. The molecule has 26 heavy (non-hydrogen) atoms. The van der Waals surface area contributed by atoms with Gasteiger partial charge in [0.2, 0.25) is 0 Å². The number of fused-ring (bicyclic) bond motifs is 1. The quantitative estimate of drug-likeness (QED) is 0.443. The third-order valence-electron chi connectivity index (χ3n) is 3.96. The van der Waals surface area contributed by atoms with E-state index in [0.717, 1.165) is 4.90 Å². The number of esters is 1. The number of halogens is 1. The van der Waals surface area contributed by atoms with Crippen LogP contribution in [0.3, 0.4) is 0 Å². The number of rotatable bonds is 6. The fourth-order valence-electron chi connectivity index (χ4n) is 2.56. The maximum Gasteiger partial charge on any atom is 0.307 e. The molecule has 1 heterocycles. The predicted molar refractivity (Wildman–Crippen MR) is 92.9 cm³/mol. The molecular weight excluding hydrogens is 358 g/mol. The van der Waals surface area contributed by atoms with Crippen LogP contribution in [0.5, 0.6) is 0 Å². The second kappa shape index (κ2) is 7.49. The zero-order valence-corrected chi connectivity index (χ0v) is 14.4. The van der Waals surface area contributed by atoms with Crippen LogP contribution in [0.2, 0.25) is 5.02 Å². The Labute approximate surface area is 154 Å². The lowest BCUT2D eigenvalue weighted by Gasteiger charge is -2.13. The third-order valence-corrected chi connectivity index (χ3v) is 4.21. The van der Waals surface area contributed by atoms with Crippen LogP contribution in [0.4, 0.5) is 0 Å². The van der Waals surface area contributed by atoms with Gasteiger partial charge in [-0.05, 0) is 36.4 Å². The first kappa shape index (κ1) is 17.8. The van der Waals surface area contributed by atoms with E-state index >= 15 is 0 Å². The monoisotopic (exact) mass is 371 g/mol. The molecule has 0 aromatic heterocycles. The van der Waals surface area contributed by atoms with Gasteiger partial charge in [-0.15, -0.1) is 0 Å². The number of ketones is 1. The molecule has 3 rings (SSSR count). The number of carbonyl (C=O) groups excluding carboxylic acids is 4. The number of Topliss-reactive ketones (excluding diaryl/α,β-unsaturated/α-hetero) is 1. The molecule has 0 saturated carbocycles. The minimum atomic E-state index is -0.663. The molecule has 1 aliphatic heterocycles. The van der Waals surface area contributed by atoms with E-state index in [4.69, 9.17) is 16.3 Å². The molecule has 0 N–H and O–H groups in total. The first-order valence-corrected chi connectivity index (χ1v) is 8.25. The van der Waals surface area contributed by atoms with E-state index in [-0.39, 0.29) is 29.8 Å². The molecule has 0 fully saturated rings. The molecule has 0 saturated heterocycles. The molecule has 2 amide bonds. The lowest BCUT2D eigenvalue weighted by molar-refractivity contribution is -0.146. The first-order chi connectivity index (χ1) is 12.5. The summed E-state index contributed by atoms with van der Waals surface area (Å²) >= 11 is 5.76. The van der Waals surface area contributed by atoms with Gasteiger partial charge in [0.15, 0.2) is 12.5 Å². The maximum absolute atomic E-state index is 12.1. The van der Waals surface area contributed by atoms with E-state index in [1.54, 1.807) is 48.5 Å². The molecule has 132 valence electrons. The largest absolute Gasteiger partial charge is 0.444 e. The van der Waals surface area contributed by atoms with E-state index in [9.17, 15) is 19.2 Å². The number of hydrogen-bond acceptors (Lipinski definition) is 5. The van der Waals surface area contributed by atoms with Crippen LogP contribution >= 0.6 is 11.6 Å². The van der Waals surface area contributed by atoms with Crippen molar-refractivity contribution in [1.82, 2.24) is 4.90 Å². The molecule has 0 spiro atoms. The molecule has 1 aliphatic rings. The topological polar surface area (TPSA) is 80.8 Å². The fourth-order valence-corrected chi connectivity index (χ4v) is 2.69. The highest BCUT2D eigenvalue weighted by molar-refractivity contribution is 6.30. The Hall–Kier alpha value is -2.99. The fraction of sp³-hybridized carbons (Fsp3) is 0.158. The van der Waals surface area contributed by atoms with Gasteiger partial charge in [-0.2, -0.15) is 0 Å². The van der Waals surface area contributed by atoms with Gasteiger partial charge in [-0.1, -0.05) is 23.7 Å². The van der Waals surface area contributed by atoms with Gasteiger partial charge in [0, 0.05) is 17.0 Å². The Bertz CT molecular complexity index is 856. The van der Waals surface area contributed by atoms with Crippen LogP contribution in [0.1, 0.15) is 43.9 Å². The van der Waals surface area contributed by atoms with Crippen molar-refractivity contribution in [3.8, 4) is 0 Å². The third kappa shape index (κ3) is 3.65. The highest BCUT2D eigenvalue weighted by Crippen LogP contribution is 2.22. The van der Waals surface area contributed by atoms with Crippen LogP contribution in [0.15, 0.2) is 48.5 Å². The van der Waals surface area contributed by atoms with Crippen molar-refractivity contribution in [2.75, 3.05) is 6.73 Å². The predicted octanol–water partition coefficient (Wildman–Crippen LogP) is 3.10. The lowest BCUT2D eigenvalue weighted by Crippen LogP contribution is -2.33. The van der Waals surface area contributed by atoms with E-state index in [2.05, 4.69) is 0 Å². The summed E-state index contributed by atoms with van der Waals surface area (Å²) in [6.45, 7) is -0.472. The normalized spacial score (nSPS) is 12.9. The molecule has 6 nitrogen and oxygen atoms in total. The average Bonchev–Trinajstić information content (AvgIpc) is 2.89. The number of nitrogens with zero attached hydrogens (tertiary/aromatic N) is 1. The Morgan fingerprint density at radius 2 is 1.46 bits per heavy atom. The molecule has 0 radical (unpaired) electrons. The molecular formula is C19H14ClNO5. The molecule has 0 aliphatic carbocycles. The number of imide groups is 1. The lowest BCUT2D eigenvalue weighted by atomic mass is 10.1. The summed E-state index contributed by atoms with van der Waals surface area (Å²) in [5, 5.41) is 0.516. The highest BCUT2D eigenvalue weighted by atomic mass is 35.5. The number of amides is 2. The standard InChI is InChI=1S/C19H14ClNO5/c20-13-7-5-12(6-8-13)16(22)9-10-17(23)26-11-21-18(24)14-3-1-2-4-15(14)19(21)25/h1-8H,9-11H2. The van der Waals surface area contributed by atoms with E-state index in [1.807, 2.05) is 0 Å². The van der Waals surface area contributed by atoms with Crippen LogP contribution in [-0.2, 0) is 9.53 Å². The summed E-state index contributed by atoms with van der Waals surface area (Å²) in [5.41, 5.74) is 1.01. The number of hydrogen-bond donors (Lipinski definition) is 0. The minimum Gasteiger partial charge on any atom is -0.444 e. The first-order valence-electron chi connectivity index (χ1n) is 7.87. The van der Waals surface area contributed by atoms with Crippen molar-refractivity contribution < 1.29 is 23.9 Å². The second-order valence-corrected chi connectivity index (χ2v) is 6.10. The molecule has 0 unspecified atom stereocenters. The van der Waals surface area contributed by atoms with Crippen molar-refractivity contribution in [2.24, 2.45) is 0 Å². The minimum absolute atomic E-state index is 0.0391. The summed E-state index contributed by atoms with van der Waals surface area (Å²) in [5.74, 6) is -1.89. The molecule has 7 heteroatoms. The molecule has 2 aromatic rings. The molecule has 0 atom stereocenters. The zero-order chi connectivity index (χ0) is 18.7. The molecule has 0 bridgehead atoms. The van der Waals surface area contributed by atoms with Gasteiger partial charge in [-0.3, -0.25) is 19.2 Å². The SMILES string of the molecule is O=C(CCC(=O)c1ccc(Cl)cc1)OCN1C(=O)c2ccccc2C1=O. The summed E-state index contributed by atoms with van der Waals surface area (Å²) in [6, 6.07) is 12.7. The summed E-state index contributed by atoms with van der Waals surface area (Å²) in [4.78, 5) is 49.0. The Balaban J connectivity index is 1.50. The Morgan fingerprint density at radius 3 is 2.04 bits per heavy atom. The average molecular weight is 372 g/mol. The van der Waals surface area contributed by atoms with Crippen molar-refractivity contribution >= 4 is 35.2 Å². The van der Waals surface area contributed by atoms with Gasteiger partial charge in [0.05, 0.1) is 17.5 Å². The van der Waals surface area contributed by atoms with Crippen LogP contribution in [0, 0.1) is 0 Å². The highest BCUT2D eigenvalue weighted by Gasteiger charge is 2.35. The van der Waals surface area contributed by atoms with Crippen LogP contribution in [-0.4, -0.2) is 35.2 Å². The van der Waals surface area contributed by atoms with Gasteiger partial charge >= 0.3 is 5.97 Å². The number of carbonyl (C=O) groups is 4. The van der Waals surface area contributed by atoms with Gasteiger partial charge in [-0.25, -0.2) is 4.90 Å². The second-order valence-electron chi connectivity index (χ2n) is 5.66. The molecule has 2 aromatic carbocycles. The van der Waals surface area contributed by atoms with Crippen molar-refractivity contribution in [2.45, 2.75) is 12.8 Å². The van der Waals surface area contributed by atoms with E-state index in [1.165, 1.54) is 0 Å².